The Kier molecular flexibility index (Phi) is 12.3. The Hall–Kier alpha value is -7.33. The minimum atomic E-state index is -0.355. The van der Waals surface area contributed by atoms with Crippen molar-refractivity contribution in [3.8, 4) is 78.6 Å². The molecule has 72 heavy (non-hydrogen) atoms. The number of phenols is 1. The van der Waals surface area contributed by atoms with Crippen LogP contribution in [0.2, 0.25) is 0 Å². The van der Waals surface area contributed by atoms with Gasteiger partial charge >= 0.3 is 0 Å². The number of aromatic hydroxyl groups is 1. The van der Waals surface area contributed by atoms with Gasteiger partial charge in [0.05, 0.1) is 27.9 Å². The number of benzene rings is 8. The zero-order valence-corrected chi connectivity index (χ0v) is 44.6. The summed E-state index contributed by atoms with van der Waals surface area (Å²) in [4.78, 5) is 10.7. The number of pyridine rings is 1. The summed E-state index contributed by atoms with van der Waals surface area (Å²) in [5.74, 6) is 0.882. The second-order valence-electron chi connectivity index (χ2n) is 22.0. The van der Waals surface area contributed by atoms with Crippen molar-refractivity contribution < 1.29 is 30.6 Å². The fourth-order valence-electron chi connectivity index (χ4n) is 9.95. The SMILES string of the molecule is CC(C)(C)c1ccc(-n2c(-c3cc(C(C)(C)C)cc(C(C)(C)C)c3O)nc3c(-c4[c-]c(-c5cc(-c6ccc(-c7ccccc7)cc6)ccn5)cc5oc6ccccc6c45)cccc32)c(-c2ccccc2)c1.[Pt]. The number of rotatable bonds is 7. The van der Waals surface area contributed by atoms with Gasteiger partial charge < -0.3 is 9.52 Å². The van der Waals surface area contributed by atoms with Crippen molar-refractivity contribution in [1.82, 2.24) is 14.5 Å². The fourth-order valence-corrected chi connectivity index (χ4v) is 9.95. The van der Waals surface area contributed by atoms with Crippen molar-refractivity contribution in [1.29, 1.82) is 0 Å². The second-order valence-corrected chi connectivity index (χ2v) is 22.0. The van der Waals surface area contributed by atoms with E-state index in [4.69, 9.17) is 14.4 Å². The summed E-state index contributed by atoms with van der Waals surface area (Å²) in [6.45, 7) is 19.9. The molecule has 0 spiro atoms. The van der Waals surface area contributed by atoms with Crippen LogP contribution in [0, 0.1) is 6.07 Å². The predicted molar refractivity (Wildman–Crippen MR) is 295 cm³/mol. The molecule has 3 aromatic heterocycles. The summed E-state index contributed by atoms with van der Waals surface area (Å²) in [5.41, 5.74) is 17.4. The third-order valence-electron chi connectivity index (χ3n) is 13.9. The second kappa shape index (κ2) is 18.4. The molecule has 0 aliphatic heterocycles. The van der Waals surface area contributed by atoms with Crippen LogP contribution in [0.1, 0.15) is 79.0 Å². The molecule has 360 valence electrons. The smallest absolute Gasteiger partial charge is 0.148 e. The van der Waals surface area contributed by atoms with Gasteiger partial charge in [-0.2, -0.15) is 0 Å². The minimum absolute atomic E-state index is 0. The van der Waals surface area contributed by atoms with Crippen molar-refractivity contribution in [2.75, 3.05) is 0 Å². The van der Waals surface area contributed by atoms with E-state index in [2.05, 4.69) is 231 Å². The Morgan fingerprint density at radius 1 is 0.514 bits per heavy atom. The maximum Gasteiger partial charge on any atom is 0.148 e. The molecule has 0 bridgehead atoms. The molecule has 0 amide bonds. The van der Waals surface area contributed by atoms with Gasteiger partial charge in [0.15, 0.2) is 0 Å². The van der Waals surface area contributed by atoms with Crippen LogP contribution in [0.5, 0.6) is 5.75 Å². The van der Waals surface area contributed by atoms with E-state index in [9.17, 15) is 5.11 Å². The van der Waals surface area contributed by atoms with E-state index < -0.39 is 0 Å². The van der Waals surface area contributed by atoms with Gasteiger partial charge in [0.2, 0.25) is 0 Å². The summed E-state index contributed by atoms with van der Waals surface area (Å²) < 4.78 is 9.00. The van der Waals surface area contributed by atoms with E-state index in [1.807, 2.05) is 24.4 Å². The largest absolute Gasteiger partial charge is 0.507 e. The van der Waals surface area contributed by atoms with Crippen LogP contribution in [-0.4, -0.2) is 19.6 Å². The first kappa shape index (κ1) is 48.3. The Morgan fingerprint density at radius 2 is 1.14 bits per heavy atom. The number of hydrogen-bond donors (Lipinski definition) is 1. The molecule has 1 N–H and O–H groups in total. The molecule has 0 atom stereocenters. The average Bonchev–Trinajstić information content (AvgIpc) is 3.95. The molecule has 0 aliphatic carbocycles. The number of hydrogen-bond acceptors (Lipinski definition) is 4. The van der Waals surface area contributed by atoms with Crippen LogP contribution in [-0.2, 0) is 37.3 Å². The van der Waals surface area contributed by atoms with Gasteiger partial charge in [0, 0.05) is 44.1 Å². The zero-order valence-electron chi connectivity index (χ0n) is 42.3. The zero-order chi connectivity index (χ0) is 49.4. The molecular formula is C66H58N3O2Pt-. The minimum Gasteiger partial charge on any atom is -0.507 e. The van der Waals surface area contributed by atoms with Crippen LogP contribution in [0.3, 0.4) is 0 Å². The van der Waals surface area contributed by atoms with E-state index in [1.165, 1.54) is 16.7 Å². The Labute approximate surface area is 437 Å². The summed E-state index contributed by atoms with van der Waals surface area (Å²) in [7, 11) is 0. The van der Waals surface area contributed by atoms with Crippen LogP contribution in [0.25, 0.3) is 106 Å². The Morgan fingerprint density at radius 3 is 1.82 bits per heavy atom. The molecule has 0 saturated heterocycles. The molecule has 5 nitrogen and oxygen atoms in total. The van der Waals surface area contributed by atoms with Gasteiger partial charge in [0.1, 0.15) is 17.2 Å². The van der Waals surface area contributed by atoms with Crippen LogP contribution >= 0.6 is 0 Å². The van der Waals surface area contributed by atoms with Gasteiger partial charge in [-0.05, 0) is 102 Å². The molecule has 3 heterocycles. The molecular weight excluding hydrogens is 1060 g/mol. The molecule has 0 saturated carbocycles. The first-order valence-corrected chi connectivity index (χ1v) is 24.6. The van der Waals surface area contributed by atoms with Crippen molar-refractivity contribution in [2.24, 2.45) is 0 Å². The van der Waals surface area contributed by atoms with E-state index in [0.717, 1.165) is 94.4 Å². The molecule has 6 heteroatoms. The van der Waals surface area contributed by atoms with Crippen LogP contribution in [0.4, 0.5) is 0 Å². The molecule has 0 aliphatic rings. The van der Waals surface area contributed by atoms with Crippen LogP contribution in [0.15, 0.2) is 187 Å². The van der Waals surface area contributed by atoms with Gasteiger partial charge in [-0.3, -0.25) is 9.55 Å². The predicted octanol–water partition coefficient (Wildman–Crippen LogP) is 17.7. The maximum atomic E-state index is 12.7. The first-order chi connectivity index (χ1) is 34.0. The molecule has 11 rings (SSSR count). The molecule has 0 fully saturated rings. The monoisotopic (exact) mass is 1120 g/mol. The third kappa shape index (κ3) is 8.79. The summed E-state index contributed by atoms with van der Waals surface area (Å²) in [6.07, 6.45) is 1.88. The molecule has 0 unspecified atom stereocenters. The molecule has 8 aromatic carbocycles. The molecule has 11 aromatic rings. The third-order valence-corrected chi connectivity index (χ3v) is 13.9. The van der Waals surface area contributed by atoms with Gasteiger partial charge in [0.25, 0.3) is 0 Å². The summed E-state index contributed by atoms with van der Waals surface area (Å²) in [6, 6.07) is 65.7. The normalized spacial score (nSPS) is 12.2. The number of furan rings is 1. The topological polar surface area (TPSA) is 64.1 Å². The van der Waals surface area contributed by atoms with Crippen LogP contribution < -0.4 is 0 Å². The Bertz CT molecular complexity index is 3810. The summed E-state index contributed by atoms with van der Waals surface area (Å²) in [5, 5.41) is 14.6. The average molecular weight is 1120 g/mol. The van der Waals surface area contributed by atoms with E-state index in [-0.39, 0.29) is 43.1 Å². The van der Waals surface area contributed by atoms with Crippen molar-refractivity contribution in [3.05, 3.63) is 205 Å². The standard InChI is InChI=1S/C66H58N3O2.Pt/c1-64(2,3)47-31-32-56(51(38-47)44-21-14-11-15-22-44)69-57-25-18-24-49(61(57)68-63(69)53-39-48(65(4,5)6)40-54(62(53)70)66(7,8)9)52-35-46(37-59-60(52)50-23-16-17-26-58(50)71-59)55-36-45(33-34-67-55)43-29-27-42(28-30-43)41-19-12-10-13-20-41;/h10-34,36-40,70H,1-9H3;/q-1;. The van der Waals surface area contributed by atoms with Gasteiger partial charge in [-0.15, -0.1) is 11.6 Å². The van der Waals surface area contributed by atoms with Crippen molar-refractivity contribution in [2.45, 2.75) is 78.6 Å². The quantitative estimate of drug-likeness (QED) is 0.162. The number of nitrogens with zero attached hydrogens (tertiary/aromatic N) is 3. The van der Waals surface area contributed by atoms with E-state index in [0.29, 0.717) is 11.4 Å². The number of aromatic nitrogens is 3. The Balaban J connectivity index is 0.00000596. The van der Waals surface area contributed by atoms with E-state index in [1.54, 1.807) is 0 Å². The number of phenolic OH excluding ortho intramolecular Hbond substituents is 1. The number of fused-ring (bicyclic) bond motifs is 4. The van der Waals surface area contributed by atoms with Gasteiger partial charge in [-0.1, -0.05) is 213 Å². The van der Waals surface area contributed by atoms with E-state index >= 15 is 0 Å². The van der Waals surface area contributed by atoms with Gasteiger partial charge in [-0.25, -0.2) is 4.98 Å². The van der Waals surface area contributed by atoms with Crippen molar-refractivity contribution in [3.63, 3.8) is 0 Å². The number of para-hydroxylation sites is 2. The summed E-state index contributed by atoms with van der Waals surface area (Å²) >= 11 is 0. The number of imidazole rings is 1. The first-order valence-electron chi connectivity index (χ1n) is 24.6. The fraction of sp³-hybridized carbons (Fsp3) is 0.182. The van der Waals surface area contributed by atoms with Crippen molar-refractivity contribution >= 4 is 33.0 Å². The molecule has 0 radical (unpaired) electrons. The maximum absolute atomic E-state index is 12.7.